The number of hydrogen-bond donors (Lipinski definition) is 2. The molecule has 2 amide bonds. The van der Waals surface area contributed by atoms with Crippen LogP contribution >= 0.6 is 24.4 Å². The number of carbonyl (C=O) groups excluding carboxylic acids is 2. The van der Waals surface area contributed by atoms with Gasteiger partial charge in [-0.25, -0.2) is 0 Å². The van der Waals surface area contributed by atoms with E-state index in [1.54, 1.807) is 0 Å². The molecule has 4 nitrogen and oxygen atoms in total. The second-order valence-corrected chi connectivity index (χ2v) is 7.29. The molecular formula is C12H22N2O2S2. The molecule has 1 heterocycles. The molecule has 1 rings (SSSR count). The van der Waals surface area contributed by atoms with E-state index in [9.17, 15) is 9.59 Å². The Morgan fingerprint density at radius 3 is 2.67 bits per heavy atom. The maximum Gasteiger partial charge on any atom is 0.246 e. The van der Waals surface area contributed by atoms with Gasteiger partial charge >= 0.3 is 0 Å². The lowest BCUT2D eigenvalue weighted by Crippen LogP contribution is -2.49. The molecule has 1 N–H and O–H groups in total. The molecule has 1 unspecified atom stereocenters. The molecular weight excluding hydrogens is 268 g/mol. The number of hydrogen-bond acceptors (Lipinski definition) is 4. The molecule has 1 aliphatic rings. The molecule has 0 aromatic heterocycles. The molecule has 0 aromatic rings. The molecule has 0 aromatic carbocycles. The maximum atomic E-state index is 12.3. The van der Waals surface area contributed by atoms with E-state index in [1.807, 2.05) is 16.7 Å². The molecule has 1 fully saturated rings. The summed E-state index contributed by atoms with van der Waals surface area (Å²) in [5.41, 5.74) is 0. The lowest BCUT2D eigenvalue weighted by atomic mass is 10.1. The Morgan fingerprint density at radius 1 is 1.44 bits per heavy atom. The van der Waals surface area contributed by atoms with Crippen molar-refractivity contribution < 1.29 is 9.59 Å². The van der Waals surface area contributed by atoms with Crippen LogP contribution in [0.2, 0.25) is 0 Å². The topological polar surface area (TPSA) is 49.4 Å². The van der Waals surface area contributed by atoms with Crippen LogP contribution in [0.4, 0.5) is 0 Å². The highest BCUT2D eigenvalue weighted by Crippen LogP contribution is 2.30. The summed E-state index contributed by atoms with van der Waals surface area (Å²) in [6, 6.07) is -0.503. The molecule has 0 saturated carbocycles. The quantitative estimate of drug-likeness (QED) is 0.767. The second kappa shape index (κ2) is 6.70. The van der Waals surface area contributed by atoms with Gasteiger partial charge < -0.3 is 10.2 Å². The highest BCUT2D eigenvalue weighted by molar-refractivity contribution is 8.00. The Hall–Kier alpha value is -0.360. The monoisotopic (exact) mass is 290 g/mol. The van der Waals surface area contributed by atoms with Crippen molar-refractivity contribution in [3.05, 3.63) is 0 Å². The van der Waals surface area contributed by atoms with Crippen molar-refractivity contribution in [1.29, 1.82) is 0 Å². The van der Waals surface area contributed by atoms with Gasteiger partial charge in [0.15, 0.2) is 0 Å². The van der Waals surface area contributed by atoms with Crippen LogP contribution in [0, 0.1) is 0 Å². The van der Waals surface area contributed by atoms with E-state index in [1.165, 1.54) is 6.92 Å². The van der Waals surface area contributed by atoms with E-state index in [4.69, 9.17) is 0 Å². The highest BCUT2D eigenvalue weighted by atomic mass is 32.2. The van der Waals surface area contributed by atoms with E-state index in [2.05, 4.69) is 31.8 Å². The van der Waals surface area contributed by atoms with Gasteiger partial charge in [-0.05, 0) is 6.42 Å². The summed E-state index contributed by atoms with van der Waals surface area (Å²) in [5, 5.41) is 2.65. The van der Waals surface area contributed by atoms with E-state index in [0.29, 0.717) is 5.75 Å². The van der Waals surface area contributed by atoms with Gasteiger partial charge in [0.2, 0.25) is 11.8 Å². The lowest BCUT2D eigenvalue weighted by molar-refractivity contribution is -0.135. The Labute approximate surface area is 119 Å². The summed E-state index contributed by atoms with van der Waals surface area (Å²) in [5.74, 6) is 1.08. The third kappa shape index (κ3) is 4.72. The zero-order chi connectivity index (χ0) is 13.8. The van der Waals surface area contributed by atoms with Crippen molar-refractivity contribution in [2.75, 3.05) is 24.6 Å². The Balaban J connectivity index is 2.62. The average molecular weight is 290 g/mol. The minimum Gasteiger partial charge on any atom is -0.344 e. The van der Waals surface area contributed by atoms with E-state index in [-0.39, 0.29) is 16.6 Å². The summed E-state index contributed by atoms with van der Waals surface area (Å²) in [7, 11) is 0. The first-order valence-electron chi connectivity index (χ1n) is 6.16. The molecule has 18 heavy (non-hydrogen) atoms. The SMILES string of the molecule is CC(=O)NC(CS)C(=O)N1CCSC(C)(C)CC1. The first-order chi connectivity index (χ1) is 8.35. The van der Waals surface area contributed by atoms with E-state index >= 15 is 0 Å². The standard InChI is InChI=1S/C12H22N2O2S2/c1-9(15)13-10(8-17)11(16)14-5-4-12(2,3)18-7-6-14/h10,17H,4-8H2,1-3H3,(H,13,15). The van der Waals surface area contributed by atoms with Crippen molar-refractivity contribution in [3.63, 3.8) is 0 Å². The minimum atomic E-state index is -0.503. The number of carbonyl (C=O) groups is 2. The van der Waals surface area contributed by atoms with Crippen LogP contribution in [0.5, 0.6) is 0 Å². The average Bonchev–Trinajstić information content (AvgIpc) is 2.46. The van der Waals surface area contributed by atoms with Gasteiger partial charge in [-0.3, -0.25) is 9.59 Å². The molecule has 1 aliphatic heterocycles. The third-order valence-electron chi connectivity index (χ3n) is 3.01. The van der Waals surface area contributed by atoms with Crippen molar-refractivity contribution in [2.45, 2.75) is 38.0 Å². The van der Waals surface area contributed by atoms with E-state index in [0.717, 1.165) is 25.3 Å². The number of nitrogens with zero attached hydrogens (tertiary/aromatic N) is 1. The van der Waals surface area contributed by atoms with Crippen LogP contribution in [0.25, 0.3) is 0 Å². The van der Waals surface area contributed by atoms with Crippen LogP contribution in [-0.2, 0) is 9.59 Å². The van der Waals surface area contributed by atoms with Crippen molar-refractivity contribution in [3.8, 4) is 0 Å². The van der Waals surface area contributed by atoms with Gasteiger partial charge in [0, 0.05) is 36.3 Å². The predicted molar refractivity (Wildman–Crippen MR) is 79.2 cm³/mol. The first-order valence-corrected chi connectivity index (χ1v) is 7.78. The summed E-state index contributed by atoms with van der Waals surface area (Å²) in [6.45, 7) is 7.33. The smallest absolute Gasteiger partial charge is 0.246 e. The number of thiol groups is 1. The van der Waals surface area contributed by atoms with Crippen molar-refractivity contribution in [1.82, 2.24) is 10.2 Å². The molecule has 1 saturated heterocycles. The fourth-order valence-corrected chi connectivity index (χ4v) is 3.24. The Morgan fingerprint density at radius 2 is 2.11 bits per heavy atom. The normalized spacial score (nSPS) is 21.0. The van der Waals surface area contributed by atoms with Crippen molar-refractivity contribution in [2.24, 2.45) is 0 Å². The van der Waals surface area contributed by atoms with Crippen LogP contribution in [0.3, 0.4) is 0 Å². The number of rotatable bonds is 3. The first kappa shape index (κ1) is 15.7. The van der Waals surface area contributed by atoms with Gasteiger partial charge in [-0.15, -0.1) is 0 Å². The number of nitrogens with one attached hydrogen (secondary N) is 1. The van der Waals surface area contributed by atoms with Gasteiger partial charge in [0.25, 0.3) is 0 Å². The van der Waals surface area contributed by atoms with Crippen molar-refractivity contribution >= 4 is 36.2 Å². The molecule has 0 aliphatic carbocycles. The fraction of sp³-hybridized carbons (Fsp3) is 0.833. The zero-order valence-corrected chi connectivity index (χ0v) is 12.9. The highest BCUT2D eigenvalue weighted by Gasteiger charge is 2.29. The second-order valence-electron chi connectivity index (χ2n) is 5.12. The maximum absolute atomic E-state index is 12.3. The fourth-order valence-electron chi connectivity index (χ4n) is 1.89. The predicted octanol–water partition coefficient (Wildman–Crippen LogP) is 1.16. The van der Waals surface area contributed by atoms with Gasteiger partial charge in [-0.2, -0.15) is 24.4 Å². The summed E-state index contributed by atoms with van der Waals surface area (Å²) >= 11 is 6.04. The summed E-state index contributed by atoms with van der Waals surface area (Å²) < 4.78 is 0.222. The third-order valence-corrected chi connectivity index (χ3v) is 4.75. The van der Waals surface area contributed by atoms with Crippen LogP contribution < -0.4 is 5.32 Å². The molecule has 0 bridgehead atoms. The number of thioether (sulfide) groups is 1. The van der Waals surface area contributed by atoms with Crippen LogP contribution in [0.1, 0.15) is 27.2 Å². The Kier molecular flexibility index (Phi) is 5.85. The van der Waals surface area contributed by atoms with Gasteiger partial charge in [0.1, 0.15) is 6.04 Å². The number of amides is 2. The molecule has 0 spiro atoms. The molecule has 104 valence electrons. The van der Waals surface area contributed by atoms with Gasteiger partial charge in [-0.1, -0.05) is 13.8 Å². The van der Waals surface area contributed by atoms with Gasteiger partial charge in [0.05, 0.1) is 0 Å². The summed E-state index contributed by atoms with van der Waals surface area (Å²) in [4.78, 5) is 25.2. The minimum absolute atomic E-state index is 0.0153. The lowest BCUT2D eigenvalue weighted by Gasteiger charge is -2.26. The van der Waals surface area contributed by atoms with E-state index < -0.39 is 6.04 Å². The zero-order valence-electron chi connectivity index (χ0n) is 11.2. The molecule has 6 heteroatoms. The molecule has 1 atom stereocenters. The van der Waals surface area contributed by atoms with Crippen LogP contribution in [0.15, 0.2) is 0 Å². The largest absolute Gasteiger partial charge is 0.344 e. The summed E-state index contributed by atoms with van der Waals surface area (Å²) in [6.07, 6.45) is 0.975. The molecule has 0 radical (unpaired) electrons. The van der Waals surface area contributed by atoms with Crippen LogP contribution in [-0.4, -0.2) is 52.1 Å². The Bertz CT molecular complexity index is 321.